The van der Waals surface area contributed by atoms with Gasteiger partial charge in [-0.2, -0.15) is 0 Å². The van der Waals surface area contributed by atoms with E-state index in [0.29, 0.717) is 11.2 Å². The van der Waals surface area contributed by atoms with Gasteiger partial charge in [0.05, 0.1) is 19.1 Å². The number of imidazole rings is 1. The Kier molecular flexibility index (Phi) is 2.71. The van der Waals surface area contributed by atoms with Crippen molar-refractivity contribution >= 4 is 11.2 Å². The first kappa shape index (κ1) is 11.5. The quantitative estimate of drug-likeness (QED) is 0.592. The number of hydrogen-bond donors (Lipinski definition) is 3. The van der Waals surface area contributed by atoms with Crippen LogP contribution in [0.4, 0.5) is 0 Å². The molecule has 0 aromatic carbocycles. The van der Waals surface area contributed by atoms with Gasteiger partial charge in [0.25, 0.3) is 0 Å². The molecule has 3 N–H and O–H groups in total. The van der Waals surface area contributed by atoms with E-state index in [2.05, 4.69) is 15.0 Å². The third kappa shape index (κ3) is 1.58. The van der Waals surface area contributed by atoms with E-state index >= 15 is 0 Å². The summed E-state index contributed by atoms with van der Waals surface area (Å²) in [5, 5.41) is 28.6. The first-order valence-corrected chi connectivity index (χ1v) is 5.47. The maximum absolute atomic E-state index is 9.91. The Morgan fingerprint density at radius 2 is 2.11 bits per heavy atom. The highest BCUT2D eigenvalue weighted by Gasteiger charge is 2.43. The summed E-state index contributed by atoms with van der Waals surface area (Å²) in [6.07, 6.45) is 0.442. The van der Waals surface area contributed by atoms with Gasteiger partial charge < -0.3 is 20.1 Å². The topological polar surface area (TPSA) is 114 Å². The zero-order valence-corrected chi connectivity index (χ0v) is 9.29. The molecule has 1 unspecified atom stereocenters. The van der Waals surface area contributed by atoms with Crippen molar-refractivity contribution in [3.05, 3.63) is 18.9 Å². The van der Waals surface area contributed by atoms with Gasteiger partial charge in [0.2, 0.25) is 0 Å². The molecule has 2 aromatic rings. The van der Waals surface area contributed by atoms with Gasteiger partial charge >= 0.3 is 0 Å². The number of aliphatic hydroxyl groups is 3. The summed E-state index contributed by atoms with van der Waals surface area (Å²) in [4.78, 5) is 12.0. The minimum atomic E-state index is -1.14. The van der Waals surface area contributed by atoms with E-state index in [1.54, 1.807) is 6.20 Å². The minimum Gasteiger partial charge on any atom is -0.394 e. The first-order valence-electron chi connectivity index (χ1n) is 5.47. The Morgan fingerprint density at radius 3 is 2.83 bits per heavy atom. The van der Waals surface area contributed by atoms with Crippen molar-refractivity contribution < 1.29 is 20.1 Å². The summed E-state index contributed by atoms with van der Waals surface area (Å²) in [5.74, 6) is 0. The Hall–Kier alpha value is -1.61. The second-order valence-electron chi connectivity index (χ2n) is 4.11. The Bertz CT molecular complexity index is 560. The molecular formula is C10H12N4O4. The van der Waals surface area contributed by atoms with Gasteiger partial charge in [-0.15, -0.1) is 0 Å². The molecule has 0 amide bonds. The van der Waals surface area contributed by atoms with Gasteiger partial charge in [0.15, 0.2) is 11.9 Å². The lowest BCUT2D eigenvalue weighted by atomic mass is 10.1. The summed E-state index contributed by atoms with van der Waals surface area (Å²) in [6.45, 7) is -0.365. The van der Waals surface area contributed by atoms with Crippen molar-refractivity contribution in [1.29, 1.82) is 0 Å². The molecule has 18 heavy (non-hydrogen) atoms. The van der Waals surface area contributed by atoms with Gasteiger partial charge in [0, 0.05) is 0 Å². The summed E-state index contributed by atoms with van der Waals surface area (Å²) in [7, 11) is 0. The fourth-order valence-electron chi connectivity index (χ4n) is 2.08. The summed E-state index contributed by atoms with van der Waals surface area (Å²) >= 11 is 0. The molecule has 8 nitrogen and oxygen atoms in total. The molecule has 1 aliphatic rings. The van der Waals surface area contributed by atoms with Crippen molar-refractivity contribution in [2.75, 3.05) is 6.61 Å². The maximum Gasteiger partial charge on any atom is 0.165 e. The molecule has 0 radical (unpaired) electrons. The van der Waals surface area contributed by atoms with E-state index in [4.69, 9.17) is 9.84 Å². The first-order chi connectivity index (χ1) is 8.72. The molecule has 3 heterocycles. The van der Waals surface area contributed by atoms with E-state index < -0.39 is 24.5 Å². The van der Waals surface area contributed by atoms with E-state index in [9.17, 15) is 10.2 Å². The largest absolute Gasteiger partial charge is 0.394 e. The summed E-state index contributed by atoms with van der Waals surface area (Å²) < 4.78 is 6.91. The van der Waals surface area contributed by atoms with Crippen LogP contribution in [0, 0.1) is 0 Å². The second-order valence-corrected chi connectivity index (χ2v) is 4.11. The van der Waals surface area contributed by atoms with E-state index in [0.717, 1.165) is 0 Å². The molecule has 2 aromatic heterocycles. The SMILES string of the molecule is OC[C@H]1OC(n2cnc3cncnc32)[C@H](O)[C@@H]1O. The van der Waals surface area contributed by atoms with Crippen LogP contribution < -0.4 is 0 Å². The fraction of sp³-hybridized carbons (Fsp3) is 0.500. The van der Waals surface area contributed by atoms with Crippen molar-refractivity contribution in [3.8, 4) is 0 Å². The highest BCUT2D eigenvalue weighted by Crippen LogP contribution is 2.30. The van der Waals surface area contributed by atoms with Gasteiger partial charge in [-0.3, -0.25) is 4.57 Å². The van der Waals surface area contributed by atoms with E-state index in [1.165, 1.54) is 17.2 Å². The molecule has 0 aliphatic carbocycles. The number of nitrogens with zero attached hydrogens (tertiary/aromatic N) is 4. The van der Waals surface area contributed by atoms with Crippen molar-refractivity contribution in [1.82, 2.24) is 19.5 Å². The van der Waals surface area contributed by atoms with Crippen LogP contribution in [0.3, 0.4) is 0 Å². The third-order valence-corrected chi connectivity index (χ3v) is 3.03. The summed E-state index contributed by atoms with van der Waals surface area (Å²) in [5.41, 5.74) is 1.06. The molecule has 3 rings (SSSR count). The van der Waals surface area contributed by atoms with Crippen LogP contribution in [-0.4, -0.2) is 59.8 Å². The van der Waals surface area contributed by atoms with Crippen LogP contribution in [0.15, 0.2) is 18.9 Å². The molecule has 8 heteroatoms. The van der Waals surface area contributed by atoms with Gasteiger partial charge in [-0.1, -0.05) is 0 Å². The molecule has 1 aliphatic heterocycles. The van der Waals surface area contributed by atoms with E-state index in [1.807, 2.05) is 0 Å². The van der Waals surface area contributed by atoms with Crippen molar-refractivity contribution in [2.24, 2.45) is 0 Å². The molecule has 4 atom stereocenters. The summed E-state index contributed by atoms with van der Waals surface area (Å²) in [6, 6.07) is 0. The van der Waals surface area contributed by atoms with Crippen molar-refractivity contribution in [3.63, 3.8) is 0 Å². The average molecular weight is 252 g/mol. The molecule has 1 saturated heterocycles. The lowest BCUT2D eigenvalue weighted by Crippen LogP contribution is -2.33. The van der Waals surface area contributed by atoms with Gasteiger partial charge in [-0.25, -0.2) is 15.0 Å². The molecular weight excluding hydrogens is 240 g/mol. The predicted octanol–water partition coefficient (Wildman–Crippen LogP) is -1.56. The van der Waals surface area contributed by atoms with Crippen LogP contribution in [-0.2, 0) is 4.74 Å². The van der Waals surface area contributed by atoms with Gasteiger partial charge in [-0.05, 0) is 0 Å². The van der Waals surface area contributed by atoms with Gasteiger partial charge in [0.1, 0.15) is 30.2 Å². The van der Waals surface area contributed by atoms with Crippen LogP contribution >= 0.6 is 0 Å². The zero-order valence-electron chi connectivity index (χ0n) is 9.29. The monoisotopic (exact) mass is 252 g/mol. The number of aromatic nitrogens is 4. The predicted molar refractivity (Wildman–Crippen MR) is 58.3 cm³/mol. The molecule has 0 bridgehead atoms. The average Bonchev–Trinajstić information content (AvgIpc) is 2.93. The Labute approximate surface area is 102 Å². The Morgan fingerprint density at radius 1 is 1.28 bits per heavy atom. The van der Waals surface area contributed by atoms with Crippen LogP contribution in [0.5, 0.6) is 0 Å². The number of rotatable bonds is 2. The van der Waals surface area contributed by atoms with Crippen molar-refractivity contribution in [2.45, 2.75) is 24.5 Å². The number of hydrogen-bond acceptors (Lipinski definition) is 7. The van der Waals surface area contributed by atoms with Crippen LogP contribution in [0.1, 0.15) is 6.23 Å². The minimum absolute atomic E-state index is 0.365. The molecule has 0 spiro atoms. The molecule has 96 valence electrons. The molecule has 0 saturated carbocycles. The number of aliphatic hydroxyl groups excluding tert-OH is 3. The lowest BCUT2D eigenvalue weighted by Gasteiger charge is -2.16. The third-order valence-electron chi connectivity index (χ3n) is 3.03. The van der Waals surface area contributed by atoms with Crippen LogP contribution in [0.25, 0.3) is 11.2 Å². The normalized spacial score (nSPS) is 32.2. The standard InChI is InChI=1S/C10H12N4O4/c15-2-6-7(16)8(17)10(18-6)14-4-13-5-1-11-3-12-9(5)14/h1,3-4,6-8,10,15-17H,2H2/t6-,7-,8-,10?/m1/s1. The fourth-order valence-corrected chi connectivity index (χ4v) is 2.08. The number of ether oxygens (including phenoxy) is 1. The Balaban J connectivity index is 2.00. The smallest absolute Gasteiger partial charge is 0.165 e. The molecule has 1 fully saturated rings. The second kappa shape index (κ2) is 4.25. The highest BCUT2D eigenvalue weighted by atomic mass is 16.6. The highest BCUT2D eigenvalue weighted by molar-refractivity contribution is 5.68. The maximum atomic E-state index is 9.91. The number of fused-ring (bicyclic) bond motifs is 1. The zero-order chi connectivity index (χ0) is 12.7. The van der Waals surface area contributed by atoms with E-state index in [-0.39, 0.29) is 6.61 Å². The van der Waals surface area contributed by atoms with Crippen LogP contribution in [0.2, 0.25) is 0 Å². The lowest BCUT2D eigenvalue weighted by molar-refractivity contribution is -0.0511.